The summed E-state index contributed by atoms with van der Waals surface area (Å²) < 4.78 is 26.3. The third kappa shape index (κ3) is 4.99. The van der Waals surface area contributed by atoms with Crippen molar-refractivity contribution in [3.63, 3.8) is 0 Å². The molecule has 1 rings (SSSR count). The topological polar surface area (TPSA) is 96.0 Å². The predicted molar refractivity (Wildman–Crippen MR) is 74.6 cm³/mol. The van der Waals surface area contributed by atoms with E-state index in [4.69, 9.17) is 11.0 Å². The molecule has 1 aromatic rings. The van der Waals surface area contributed by atoms with Crippen LogP contribution >= 0.6 is 0 Å². The van der Waals surface area contributed by atoms with Crippen LogP contribution in [-0.2, 0) is 15.8 Å². The third-order valence-electron chi connectivity index (χ3n) is 2.88. The molecule has 3 N–H and O–H groups in total. The Morgan fingerprint density at radius 3 is 2.58 bits per heavy atom. The predicted octanol–water partition coefficient (Wildman–Crippen LogP) is 0.961. The molecular formula is C13H19N3O2S. The Balaban J connectivity index is 2.73. The standard InChI is InChI=1S/C13H19N3O2S/c1-10(2)13(15)8-16-19(17,18)9-12-6-4-3-5-11(12)7-14/h3-6,10,13,16H,8-9,15H2,1-2H3. The maximum absolute atomic E-state index is 11.9. The second kappa shape index (κ2) is 6.66. The number of sulfonamides is 1. The summed E-state index contributed by atoms with van der Waals surface area (Å²) in [5, 5.41) is 8.92. The molecule has 19 heavy (non-hydrogen) atoms. The second-order valence-electron chi connectivity index (χ2n) is 4.78. The van der Waals surface area contributed by atoms with Crippen molar-refractivity contribution in [2.75, 3.05) is 6.54 Å². The Hall–Kier alpha value is -1.42. The van der Waals surface area contributed by atoms with Gasteiger partial charge in [0.2, 0.25) is 10.0 Å². The quantitative estimate of drug-likeness (QED) is 0.811. The van der Waals surface area contributed by atoms with Crippen molar-refractivity contribution in [1.29, 1.82) is 5.26 Å². The number of nitrogens with two attached hydrogens (primary N) is 1. The summed E-state index contributed by atoms with van der Waals surface area (Å²) in [6.45, 7) is 4.07. The molecule has 104 valence electrons. The number of benzene rings is 1. The number of hydrogen-bond donors (Lipinski definition) is 2. The Bertz CT molecular complexity index is 561. The summed E-state index contributed by atoms with van der Waals surface area (Å²) in [4.78, 5) is 0. The zero-order chi connectivity index (χ0) is 14.5. The van der Waals surface area contributed by atoms with Gasteiger partial charge in [0.15, 0.2) is 0 Å². The monoisotopic (exact) mass is 281 g/mol. The van der Waals surface area contributed by atoms with Gasteiger partial charge in [-0.25, -0.2) is 13.1 Å². The molecule has 0 aromatic heterocycles. The largest absolute Gasteiger partial charge is 0.326 e. The minimum absolute atomic E-state index is 0.203. The molecule has 0 heterocycles. The number of rotatable bonds is 6. The minimum Gasteiger partial charge on any atom is -0.326 e. The first kappa shape index (κ1) is 15.6. The van der Waals surface area contributed by atoms with E-state index < -0.39 is 10.0 Å². The van der Waals surface area contributed by atoms with Crippen LogP contribution in [-0.4, -0.2) is 21.0 Å². The molecule has 0 aliphatic heterocycles. The molecule has 1 aromatic carbocycles. The van der Waals surface area contributed by atoms with Crippen LogP contribution in [0.1, 0.15) is 25.0 Å². The normalized spacial score (nSPS) is 13.2. The second-order valence-corrected chi connectivity index (χ2v) is 6.59. The van der Waals surface area contributed by atoms with Crippen molar-refractivity contribution >= 4 is 10.0 Å². The fraction of sp³-hybridized carbons (Fsp3) is 0.462. The average Bonchev–Trinajstić information content (AvgIpc) is 2.36. The van der Waals surface area contributed by atoms with E-state index in [9.17, 15) is 8.42 Å². The van der Waals surface area contributed by atoms with Crippen molar-refractivity contribution in [1.82, 2.24) is 4.72 Å². The molecule has 1 unspecified atom stereocenters. The van der Waals surface area contributed by atoms with Crippen LogP contribution < -0.4 is 10.5 Å². The third-order valence-corrected chi connectivity index (χ3v) is 4.18. The van der Waals surface area contributed by atoms with Gasteiger partial charge in [-0.05, 0) is 17.5 Å². The first-order valence-electron chi connectivity index (χ1n) is 6.06. The van der Waals surface area contributed by atoms with Crippen LogP contribution in [0.5, 0.6) is 0 Å². The number of nitriles is 1. The van der Waals surface area contributed by atoms with E-state index in [2.05, 4.69) is 4.72 Å². The molecule has 0 amide bonds. The lowest BCUT2D eigenvalue weighted by Gasteiger charge is -2.16. The molecule has 0 radical (unpaired) electrons. The minimum atomic E-state index is -3.48. The van der Waals surface area contributed by atoms with Gasteiger partial charge in [0.25, 0.3) is 0 Å². The Morgan fingerprint density at radius 2 is 2.00 bits per heavy atom. The summed E-state index contributed by atoms with van der Waals surface area (Å²) in [7, 11) is -3.48. The fourth-order valence-corrected chi connectivity index (χ4v) is 2.68. The maximum atomic E-state index is 11.9. The summed E-state index contributed by atoms with van der Waals surface area (Å²) in [5.41, 5.74) is 6.67. The average molecular weight is 281 g/mol. The van der Waals surface area contributed by atoms with E-state index in [-0.39, 0.29) is 24.3 Å². The molecule has 5 nitrogen and oxygen atoms in total. The van der Waals surface area contributed by atoms with Crippen LogP contribution in [0.15, 0.2) is 24.3 Å². The summed E-state index contributed by atoms with van der Waals surface area (Å²) in [5.74, 6) is -0.00393. The zero-order valence-electron chi connectivity index (χ0n) is 11.1. The summed E-state index contributed by atoms with van der Waals surface area (Å²) >= 11 is 0. The number of nitrogens with one attached hydrogen (secondary N) is 1. The van der Waals surface area contributed by atoms with Crippen molar-refractivity contribution < 1.29 is 8.42 Å². The molecule has 0 aliphatic rings. The van der Waals surface area contributed by atoms with Crippen LogP contribution in [0.3, 0.4) is 0 Å². The first-order chi connectivity index (χ1) is 8.85. The van der Waals surface area contributed by atoms with Gasteiger partial charge in [-0.1, -0.05) is 32.0 Å². The maximum Gasteiger partial charge on any atom is 0.215 e. The molecule has 0 spiro atoms. The molecular weight excluding hydrogens is 262 g/mol. The van der Waals surface area contributed by atoms with E-state index >= 15 is 0 Å². The van der Waals surface area contributed by atoms with Crippen molar-refractivity contribution in [3.8, 4) is 6.07 Å². The van der Waals surface area contributed by atoms with Crippen molar-refractivity contribution in [3.05, 3.63) is 35.4 Å². The van der Waals surface area contributed by atoms with Crippen LogP contribution in [0, 0.1) is 17.2 Å². The van der Waals surface area contributed by atoms with Crippen LogP contribution in [0.2, 0.25) is 0 Å². The first-order valence-corrected chi connectivity index (χ1v) is 7.72. The highest BCUT2D eigenvalue weighted by Crippen LogP contribution is 2.11. The van der Waals surface area contributed by atoms with Crippen LogP contribution in [0.4, 0.5) is 0 Å². The number of hydrogen-bond acceptors (Lipinski definition) is 4. The SMILES string of the molecule is CC(C)C(N)CNS(=O)(=O)Cc1ccccc1C#N. The molecule has 6 heteroatoms. The van der Waals surface area contributed by atoms with Crippen molar-refractivity contribution in [2.45, 2.75) is 25.6 Å². The van der Waals surface area contributed by atoms with E-state index in [1.54, 1.807) is 24.3 Å². The van der Waals surface area contributed by atoms with E-state index in [0.29, 0.717) is 11.1 Å². The van der Waals surface area contributed by atoms with Crippen LogP contribution in [0.25, 0.3) is 0 Å². The summed E-state index contributed by atoms with van der Waals surface area (Å²) in [6.07, 6.45) is 0. The van der Waals surface area contributed by atoms with Gasteiger partial charge in [0, 0.05) is 12.6 Å². The highest BCUT2D eigenvalue weighted by atomic mass is 32.2. The molecule has 0 saturated carbocycles. The lowest BCUT2D eigenvalue weighted by atomic mass is 10.1. The van der Waals surface area contributed by atoms with Gasteiger partial charge in [0.1, 0.15) is 0 Å². The highest BCUT2D eigenvalue weighted by molar-refractivity contribution is 7.88. The van der Waals surface area contributed by atoms with Gasteiger partial charge in [0.05, 0.1) is 17.4 Å². The van der Waals surface area contributed by atoms with Gasteiger partial charge < -0.3 is 5.73 Å². The van der Waals surface area contributed by atoms with E-state index in [1.165, 1.54) is 0 Å². The molecule has 0 aliphatic carbocycles. The lowest BCUT2D eigenvalue weighted by Crippen LogP contribution is -2.40. The molecule has 0 bridgehead atoms. The van der Waals surface area contributed by atoms with E-state index in [1.807, 2.05) is 19.9 Å². The van der Waals surface area contributed by atoms with Gasteiger partial charge in [-0.15, -0.1) is 0 Å². The van der Waals surface area contributed by atoms with E-state index in [0.717, 1.165) is 0 Å². The van der Waals surface area contributed by atoms with Crippen molar-refractivity contribution in [2.24, 2.45) is 11.7 Å². The lowest BCUT2D eigenvalue weighted by molar-refractivity contribution is 0.481. The fourth-order valence-electron chi connectivity index (χ4n) is 1.47. The van der Waals surface area contributed by atoms with Gasteiger partial charge in [-0.3, -0.25) is 0 Å². The summed E-state index contributed by atoms with van der Waals surface area (Å²) in [6, 6.07) is 8.42. The highest BCUT2D eigenvalue weighted by Gasteiger charge is 2.16. The molecule has 0 saturated heterocycles. The van der Waals surface area contributed by atoms with Gasteiger partial charge in [-0.2, -0.15) is 5.26 Å². The number of nitrogens with zero attached hydrogens (tertiary/aromatic N) is 1. The molecule has 0 fully saturated rings. The Morgan fingerprint density at radius 1 is 1.37 bits per heavy atom. The van der Waals surface area contributed by atoms with Gasteiger partial charge >= 0.3 is 0 Å². The zero-order valence-corrected chi connectivity index (χ0v) is 11.9. The Labute approximate surface area is 114 Å². The molecule has 1 atom stereocenters. The Kier molecular flexibility index (Phi) is 5.48. The smallest absolute Gasteiger partial charge is 0.215 e.